The lowest BCUT2D eigenvalue weighted by atomic mass is 9.84. The molecule has 0 radical (unpaired) electrons. The minimum absolute atomic E-state index is 0.180. The Kier molecular flexibility index (Phi) is 5.76. The first-order chi connectivity index (χ1) is 13.4. The Balaban J connectivity index is 1.68. The molecular formula is C20H26N2O6. The van der Waals surface area contributed by atoms with E-state index in [0.717, 1.165) is 12.8 Å². The number of hydrogen-bond acceptors (Lipinski definition) is 5. The number of ether oxygens (including phenoxy) is 2. The molecule has 1 aromatic rings. The van der Waals surface area contributed by atoms with Crippen LogP contribution in [0.5, 0.6) is 11.5 Å². The molecule has 152 valence electrons. The van der Waals surface area contributed by atoms with Crippen LogP contribution in [-0.2, 0) is 9.59 Å². The summed E-state index contributed by atoms with van der Waals surface area (Å²) in [6.07, 6.45) is 2.30. The second-order valence-corrected chi connectivity index (χ2v) is 7.24. The molecule has 28 heavy (non-hydrogen) atoms. The van der Waals surface area contributed by atoms with Gasteiger partial charge in [0, 0.05) is 32.2 Å². The predicted molar refractivity (Wildman–Crippen MR) is 101 cm³/mol. The number of piperazine rings is 1. The van der Waals surface area contributed by atoms with Crippen LogP contribution >= 0.6 is 0 Å². The third-order valence-electron chi connectivity index (χ3n) is 5.77. The SMILES string of the molecule is COc1ccc(C(=O)N2CCN(C(=O)C3(C(=O)O)CCCC3)CC2)c(OC)c1. The molecule has 0 atom stereocenters. The molecule has 1 aliphatic carbocycles. The molecule has 1 saturated carbocycles. The highest BCUT2D eigenvalue weighted by molar-refractivity contribution is 6.02. The molecule has 8 nitrogen and oxygen atoms in total. The van der Waals surface area contributed by atoms with E-state index in [4.69, 9.17) is 9.47 Å². The summed E-state index contributed by atoms with van der Waals surface area (Å²) < 4.78 is 10.5. The van der Waals surface area contributed by atoms with Gasteiger partial charge in [0.1, 0.15) is 16.9 Å². The van der Waals surface area contributed by atoms with Gasteiger partial charge in [0.15, 0.2) is 0 Å². The number of carboxylic acids is 1. The van der Waals surface area contributed by atoms with Gasteiger partial charge in [-0.1, -0.05) is 12.8 Å². The zero-order valence-corrected chi connectivity index (χ0v) is 16.3. The standard InChI is InChI=1S/C20H26N2O6/c1-27-14-5-6-15(16(13-14)28-2)17(23)21-9-11-22(12-10-21)18(24)20(19(25)26)7-3-4-8-20/h5-6,13H,3-4,7-12H2,1-2H3,(H,25,26). The van der Waals surface area contributed by atoms with Crippen molar-refractivity contribution in [3.63, 3.8) is 0 Å². The van der Waals surface area contributed by atoms with Gasteiger partial charge in [0.25, 0.3) is 5.91 Å². The number of hydrogen-bond donors (Lipinski definition) is 1. The summed E-state index contributed by atoms with van der Waals surface area (Å²) in [6, 6.07) is 5.02. The molecular weight excluding hydrogens is 364 g/mol. The van der Waals surface area contributed by atoms with E-state index in [0.29, 0.717) is 56.1 Å². The number of aliphatic carboxylic acids is 1. The van der Waals surface area contributed by atoms with Gasteiger partial charge in [-0.15, -0.1) is 0 Å². The van der Waals surface area contributed by atoms with Gasteiger partial charge in [-0.25, -0.2) is 0 Å². The highest BCUT2D eigenvalue weighted by Crippen LogP contribution is 2.40. The Morgan fingerprint density at radius 2 is 1.57 bits per heavy atom. The van der Waals surface area contributed by atoms with Gasteiger partial charge in [-0.3, -0.25) is 14.4 Å². The lowest BCUT2D eigenvalue weighted by Crippen LogP contribution is -2.55. The van der Waals surface area contributed by atoms with Gasteiger partial charge in [0.2, 0.25) is 5.91 Å². The topological polar surface area (TPSA) is 96.4 Å². The molecule has 0 bridgehead atoms. The van der Waals surface area contributed by atoms with Crippen molar-refractivity contribution < 1.29 is 29.0 Å². The molecule has 0 spiro atoms. The van der Waals surface area contributed by atoms with Crippen molar-refractivity contribution in [2.45, 2.75) is 25.7 Å². The van der Waals surface area contributed by atoms with Crippen molar-refractivity contribution in [2.75, 3.05) is 40.4 Å². The van der Waals surface area contributed by atoms with Crippen molar-refractivity contribution in [2.24, 2.45) is 5.41 Å². The van der Waals surface area contributed by atoms with Crippen molar-refractivity contribution in [3.8, 4) is 11.5 Å². The van der Waals surface area contributed by atoms with Crippen LogP contribution in [0.25, 0.3) is 0 Å². The quantitative estimate of drug-likeness (QED) is 0.768. The Morgan fingerprint density at radius 1 is 0.964 bits per heavy atom. The third-order valence-corrected chi connectivity index (χ3v) is 5.77. The Bertz CT molecular complexity index is 764. The van der Waals surface area contributed by atoms with Crippen LogP contribution in [0.4, 0.5) is 0 Å². The number of carbonyl (C=O) groups excluding carboxylic acids is 2. The molecule has 0 unspecified atom stereocenters. The fraction of sp³-hybridized carbons (Fsp3) is 0.550. The Hall–Kier alpha value is -2.77. The predicted octanol–water partition coefficient (Wildman–Crippen LogP) is 1.63. The molecule has 1 heterocycles. The fourth-order valence-electron chi connectivity index (χ4n) is 4.06. The van der Waals surface area contributed by atoms with E-state index in [1.807, 2.05) is 0 Å². The Morgan fingerprint density at radius 3 is 2.11 bits per heavy atom. The van der Waals surface area contributed by atoms with E-state index in [1.165, 1.54) is 7.11 Å². The maximum absolute atomic E-state index is 12.9. The van der Waals surface area contributed by atoms with Gasteiger partial charge in [-0.2, -0.15) is 0 Å². The van der Waals surface area contributed by atoms with E-state index >= 15 is 0 Å². The molecule has 1 aromatic carbocycles. The third kappa shape index (κ3) is 3.50. The Labute approximate surface area is 164 Å². The first-order valence-corrected chi connectivity index (χ1v) is 9.47. The van der Waals surface area contributed by atoms with Crippen molar-refractivity contribution in [1.82, 2.24) is 9.80 Å². The van der Waals surface area contributed by atoms with Crippen molar-refractivity contribution in [1.29, 1.82) is 0 Å². The van der Waals surface area contributed by atoms with Crippen LogP contribution < -0.4 is 9.47 Å². The zero-order valence-electron chi connectivity index (χ0n) is 16.3. The first kappa shape index (κ1) is 20.0. The van der Waals surface area contributed by atoms with Crippen molar-refractivity contribution in [3.05, 3.63) is 23.8 Å². The largest absolute Gasteiger partial charge is 0.497 e. The molecule has 2 amide bonds. The second-order valence-electron chi connectivity index (χ2n) is 7.24. The van der Waals surface area contributed by atoms with Crippen LogP contribution in [0.2, 0.25) is 0 Å². The molecule has 8 heteroatoms. The van der Waals surface area contributed by atoms with Crippen LogP contribution in [-0.4, -0.2) is 73.1 Å². The molecule has 1 N–H and O–H groups in total. The lowest BCUT2D eigenvalue weighted by Gasteiger charge is -2.38. The average molecular weight is 390 g/mol. The highest BCUT2D eigenvalue weighted by atomic mass is 16.5. The molecule has 3 rings (SSSR count). The van der Waals surface area contributed by atoms with Gasteiger partial charge < -0.3 is 24.4 Å². The monoisotopic (exact) mass is 390 g/mol. The maximum atomic E-state index is 12.9. The van der Waals surface area contributed by atoms with Crippen LogP contribution in [0.15, 0.2) is 18.2 Å². The van der Waals surface area contributed by atoms with Crippen LogP contribution in [0, 0.1) is 5.41 Å². The molecule has 1 aliphatic heterocycles. The first-order valence-electron chi connectivity index (χ1n) is 9.47. The van der Waals surface area contributed by atoms with E-state index in [-0.39, 0.29) is 11.8 Å². The highest BCUT2D eigenvalue weighted by Gasteiger charge is 2.50. The summed E-state index contributed by atoms with van der Waals surface area (Å²) in [5.74, 6) is -0.499. The summed E-state index contributed by atoms with van der Waals surface area (Å²) in [5, 5.41) is 9.62. The molecule has 2 aliphatic rings. The number of amides is 2. The van der Waals surface area contributed by atoms with E-state index in [9.17, 15) is 19.5 Å². The van der Waals surface area contributed by atoms with Gasteiger partial charge >= 0.3 is 5.97 Å². The van der Waals surface area contributed by atoms with E-state index in [2.05, 4.69) is 0 Å². The van der Waals surface area contributed by atoms with Crippen LogP contribution in [0.3, 0.4) is 0 Å². The number of rotatable bonds is 5. The minimum Gasteiger partial charge on any atom is -0.497 e. The molecule has 0 aromatic heterocycles. The number of benzene rings is 1. The molecule has 1 saturated heterocycles. The normalized spacial score (nSPS) is 18.6. The van der Waals surface area contributed by atoms with Gasteiger partial charge in [-0.05, 0) is 25.0 Å². The molecule has 2 fully saturated rings. The van der Waals surface area contributed by atoms with E-state index < -0.39 is 11.4 Å². The fourth-order valence-corrected chi connectivity index (χ4v) is 4.06. The second kappa shape index (κ2) is 8.08. The summed E-state index contributed by atoms with van der Waals surface area (Å²) in [7, 11) is 3.04. The minimum atomic E-state index is -1.29. The lowest BCUT2D eigenvalue weighted by molar-refractivity contribution is -0.161. The number of nitrogens with zero attached hydrogens (tertiary/aromatic N) is 2. The zero-order chi connectivity index (χ0) is 20.3. The number of carboxylic acid groups (broad SMARTS) is 1. The number of methoxy groups -OCH3 is 2. The summed E-state index contributed by atoms with van der Waals surface area (Å²) in [4.78, 5) is 40.8. The number of carbonyl (C=O) groups is 3. The van der Waals surface area contributed by atoms with Crippen molar-refractivity contribution >= 4 is 17.8 Å². The maximum Gasteiger partial charge on any atom is 0.319 e. The van der Waals surface area contributed by atoms with Gasteiger partial charge in [0.05, 0.1) is 19.8 Å². The van der Waals surface area contributed by atoms with Crippen LogP contribution in [0.1, 0.15) is 36.0 Å². The smallest absolute Gasteiger partial charge is 0.319 e. The average Bonchev–Trinajstić information content (AvgIpc) is 3.23. The van der Waals surface area contributed by atoms with E-state index in [1.54, 1.807) is 35.1 Å². The summed E-state index contributed by atoms with van der Waals surface area (Å²) in [5.41, 5.74) is -0.855. The summed E-state index contributed by atoms with van der Waals surface area (Å²) >= 11 is 0. The summed E-state index contributed by atoms with van der Waals surface area (Å²) in [6.45, 7) is 1.38.